The van der Waals surface area contributed by atoms with Gasteiger partial charge in [-0.1, -0.05) is 6.07 Å². The molecule has 28 heavy (non-hydrogen) atoms. The van der Waals surface area contributed by atoms with Gasteiger partial charge in [0.25, 0.3) is 5.91 Å². The summed E-state index contributed by atoms with van der Waals surface area (Å²) in [7, 11) is 1.27. The third kappa shape index (κ3) is 5.19. The third-order valence-electron chi connectivity index (χ3n) is 3.62. The molecule has 9 nitrogen and oxygen atoms in total. The number of hydrogen-bond acceptors (Lipinski definition) is 7. The number of nitrogens with one attached hydrogen (secondary N) is 1. The van der Waals surface area contributed by atoms with Crippen molar-refractivity contribution < 1.29 is 24.3 Å². The first-order valence-corrected chi connectivity index (χ1v) is 8.79. The fraction of sp³-hybridized carbons (Fsp3) is 0.222. The second-order valence-corrected chi connectivity index (χ2v) is 6.68. The number of hydrogen-bond donors (Lipinski definition) is 2. The average Bonchev–Trinajstić information content (AvgIpc) is 2.61. The number of phenols is 1. The Bertz CT molecular complexity index is 922. The van der Waals surface area contributed by atoms with Crippen molar-refractivity contribution in [1.82, 2.24) is 5.43 Å². The van der Waals surface area contributed by atoms with Gasteiger partial charge in [0.1, 0.15) is 5.75 Å². The van der Waals surface area contributed by atoms with Crippen LogP contribution in [0, 0.1) is 24.0 Å². The minimum absolute atomic E-state index is 0.0787. The molecule has 0 atom stereocenters. The Morgan fingerprint density at radius 1 is 1.36 bits per heavy atom. The number of halogens is 1. The van der Waals surface area contributed by atoms with Crippen LogP contribution in [0.4, 0.5) is 5.69 Å². The number of benzene rings is 2. The summed E-state index contributed by atoms with van der Waals surface area (Å²) in [6.07, 6.45) is 1.19. The zero-order valence-corrected chi connectivity index (χ0v) is 16.9. The Morgan fingerprint density at radius 3 is 2.68 bits per heavy atom. The maximum Gasteiger partial charge on any atom is 0.315 e. The molecule has 10 heteroatoms. The van der Waals surface area contributed by atoms with E-state index in [2.05, 4.69) is 26.5 Å². The van der Waals surface area contributed by atoms with Gasteiger partial charge in [0.2, 0.25) is 5.75 Å². The van der Waals surface area contributed by atoms with E-state index in [-0.39, 0.29) is 17.9 Å². The summed E-state index contributed by atoms with van der Waals surface area (Å²) in [4.78, 5) is 22.1. The monoisotopic (exact) mass is 451 g/mol. The van der Waals surface area contributed by atoms with Gasteiger partial charge in [-0.15, -0.1) is 0 Å². The van der Waals surface area contributed by atoms with E-state index in [0.717, 1.165) is 21.7 Å². The van der Waals surface area contributed by atoms with Gasteiger partial charge in [-0.3, -0.25) is 14.9 Å². The minimum atomic E-state index is -0.747. The fourth-order valence-corrected chi connectivity index (χ4v) is 3.21. The fourth-order valence-electron chi connectivity index (χ4n) is 2.42. The highest BCUT2D eigenvalue weighted by Gasteiger charge is 2.19. The molecule has 0 heterocycles. The highest BCUT2D eigenvalue weighted by atomic mass is 79.9. The molecule has 2 aromatic rings. The second kappa shape index (κ2) is 9.18. The summed E-state index contributed by atoms with van der Waals surface area (Å²) in [6.45, 7) is 3.55. The highest BCUT2D eigenvalue weighted by Crippen LogP contribution is 2.36. The van der Waals surface area contributed by atoms with Gasteiger partial charge in [-0.05, 0) is 53.0 Å². The largest absolute Gasteiger partial charge is 0.500 e. The van der Waals surface area contributed by atoms with Gasteiger partial charge in [0.05, 0.1) is 22.7 Å². The van der Waals surface area contributed by atoms with Gasteiger partial charge < -0.3 is 14.6 Å². The van der Waals surface area contributed by atoms with Gasteiger partial charge in [0.15, 0.2) is 12.4 Å². The second-order valence-electron chi connectivity index (χ2n) is 5.82. The molecular weight excluding hydrogens is 434 g/mol. The summed E-state index contributed by atoms with van der Waals surface area (Å²) < 4.78 is 11.1. The molecule has 1 amide bonds. The van der Waals surface area contributed by atoms with E-state index in [1.807, 2.05) is 26.0 Å². The summed E-state index contributed by atoms with van der Waals surface area (Å²) in [5.41, 5.74) is 3.94. The average molecular weight is 452 g/mol. The molecule has 0 unspecified atom stereocenters. The van der Waals surface area contributed by atoms with Crippen LogP contribution in [0.2, 0.25) is 0 Å². The molecule has 0 saturated carbocycles. The smallest absolute Gasteiger partial charge is 0.315 e. The van der Waals surface area contributed by atoms with Gasteiger partial charge >= 0.3 is 5.69 Å². The van der Waals surface area contributed by atoms with Crippen LogP contribution >= 0.6 is 15.9 Å². The van der Waals surface area contributed by atoms with E-state index in [0.29, 0.717) is 5.75 Å². The van der Waals surface area contributed by atoms with Crippen molar-refractivity contribution in [2.75, 3.05) is 13.7 Å². The zero-order chi connectivity index (χ0) is 20.8. The van der Waals surface area contributed by atoms with E-state index in [1.54, 1.807) is 0 Å². The van der Waals surface area contributed by atoms with E-state index in [4.69, 9.17) is 9.47 Å². The Kier molecular flexibility index (Phi) is 6.94. The lowest BCUT2D eigenvalue weighted by molar-refractivity contribution is -0.386. The number of nitro groups is 1. The molecule has 0 spiro atoms. The number of rotatable bonds is 7. The summed E-state index contributed by atoms with van der Waals surface area (Å²) in [5, 5.41) is 24.5. The molecule has 0 aromatic heterocycles. The number of methoxy groups -OCH3 is 1. The van der Waals surface area contributed by atoms with Crippen molar-refractivity contribution in [3.05, 3.63) is 55.5 Å². The summed E-state index contributed by atoms with van der Waals surface area (Å²) in [5.74, 6) is -0.613. The number of hydrazone groups is 1. The molecule has 148 valence electrons. The van der Waals surface area contributed by atoms with Gasteiger partial charge in [-0.2, -0.15) is 5.10 Å². The number of amides is 1. The predicted molar refractivity (Wildman–Crippen MR) is 106 cm³/mol. The predicted octanol–water partition coefficient (Wildman–Crippen LogP) is 3.22. The Hall–Kier alpha value is -3.14. The van der Waals surface area contributed by atoms with E-state index in [1.165, 1.54) is 19.4 Å². The van der Waals surface area contributed by atoms with E-state index >= 15 is 0 Å². The van der Waals surface area contributed by atoms with Crippen LogP contribution in [0.3, 0.4) is 0 Å². The van der Waals surface area contributed by atoms with E-state index in [9.17, 15) is 20.0 Å². The topological polar surface area (TPSA) is 123 Å². The lowest BCUT2D eigenvalue weighted by atomic mass is 10.1. The minimum Gasteiger partial charge on any atom is -0.500 e. The van der Waals surface area contributed by atoms with Crippen LogP contribution in [0.15, 0.2) is 33.8 Å². The van der Waals surface area contributed by atoms with Crippen LogP contribution < -0.4 is 14.9 Å². The maximum atomic E-state index is 11.9. The standard InChI is InChI=1S/C18H18BrN3O6/c1-10-4-11(2)18(13(19)5-10)28-9-16(23)21-20-8-12-6-14(22(25)26)17(24)15(7-12)27-3/h4-8,24H,9H2,1-3H3,(H,21,23). The van der Waals surface area contributed by atoms with Crippen LogP contribution in [0.5, 0.6) is 17.2 Å². The Balaban J connectivity index is 2.02. The van der Waals surface area contributed by atoms with Crippen LogP contribution in [-0.4, -0.2) is 35.9 Å². The van der Waals surface area contributed by atoms with Gasteiger partial charge in [-0.25, -0.2) is 5.43 Å². The van der Waals surface area contributed by atoms with Crippen molar-refractivity contribution in [2.45, 2.75) is 13.8 Å². The number of phenolic OH excluding ortho intramolecular Hbond substituents is 1. The molecule has 2 rings (SSSR count). The first-order valence-electron chi connectivity index (χ1n) is 7.99. The third-order valence-corrected chi connectivity index (χ3v) is 4.21. The lowest BCUT2D eigenvalue weighted by Gasteiger charge is -2.11. The first-order chi connectivity index (χ1) is 13.2. The van der Waals surface area contributed by atoms with Crippen molar-refractivity contribution in [3.63, 3.8) is 0 Å². The highest BCUT2D eigenvalue weighted by molar-refractivity contribution is 9.10. The normalized spacial score (nSPS) is 10.7. The molecule has 2 aromatic carbocycles. The molecule has 2 N–H and O–H groups in total. The molecule has 0 aliphatic heterocycles. The molecule has 0 aliphatic rings. The van der Waals surface area contributed by atoms with Crippen molar-refractivity contribution in [2.24, 2.45) is 5.10 Å². The summed E-state index contributed by atoms with van der Waals surface area (Å²) >= 11 is 3.40. The maximum absolute atomic E-state index is 11.9. The Morgan fingerprint density at radius 2 is 2.07 bits per heavy atom. The number of aromatic hydroxyl groups is 1. The zero-order valence-electron chi connectivity index (χ0n) is 15.4. The quantitative estimate of drug-likeness (QED) is 0.378. The van der Waals surface area contributed by atoms with Crippen molar-refractivity contribution >= 4 is 33.7 Å². The molecule has 0 fully saturated rings. The van der Waals surface area contributed by atoms with Gasteiger partial charge in [0, 0.05) is 11.6 Å². The number of nitro benzene ring substituents is 1. The van der Waals surface area contributed by atoms with Crippen LogP contribution in [0.25, 0.3) is 0 Å². The van der Waals surface area contributed by atoms with Crippen molar-refractivity contribution in [3.8, 4) is 17.2 Å². The first kappa shape index (κ1) is 21.2. The molecule has 0 saturated heterocycles. The number of aryl methyl sites for hydroxylation is 2. The number of carbonyl (C=O) groups excluding carboxylic acids is 1. The Labute approximate surface area is 169 Å². The number of ether oxygens (including phenoxy) is 2. The molecule has 0 radical (unpaired) electrons. The number of nitrogens with zero attached hydrogens (tertiary/aromatic N) is 2. The lowest BCUT2D eigenvalue weighted by Crippen LogP contribution is -2.24. The number of carbonyl (C=O) groups is 1. The van der Waals surface area contributed by atoms with Crippen molar-refractivity contribution in [1.29, 1.82) is 0 Å². The van der Waals surface area contributed by atoms with E-state index < -0.39 is 22.3 Å². The van der Waals surface area contributed by atoms with Crippen LogP contribution in [-0.2, 0) is 4.79 Å². The molecule has 0 bridgehead atoms. The molecular formula is C18H18BrN3O6. The summed E-state index contributed by atoms with van der Waals surface area (Å²) in [6, 6.07) is 6.27. The molecule has 0 aliphatic carbocycles. The van der Waals surface area contributed by atoms with Crippen LogP contribution in [0.1, 0.15) is 16.7 Å². The SMILES string of the molecule is COc1cc(C=NNC(=O)COc2c(C)cc(C)cc2Br)cc([N+](=O)[O-])c1O.